The lowest BCUT2D eigenvalue weighted by molar-refractivity contribution is -0.138. The highest BCUT2D eigenvalue weighted by molar-refractivity contribution is 6.01. The molecule has 6 nitrogen and oxygen atoms in total. The van der Waals surface area contributed by atoms with Gasteiger partial charge in [-0.15, -0.1) is 0 Å². The molecule has 0 bridgehead atoms. The summed E-state index contributed by atoms with van der Waals surface area (Å²) in [5.41, 5.74) is 0. The van der Waals surface area contributed by atoms with Gasteiger partial charge in [0.25, 0.3) is 0 Å². The van der Waals surface area contributed by atoms with E-state index in [2.05, 4.69) is 16.0 Å². The molecule has 16 heavy (non-hydrogen) atoms. The molecule has 0 aromatic rings. The van der Waals surface area contributed by atoms with Crippen LogP contribution in [0.4, 0.5) is 0 Å². The summed E-state index contributed by atoms with van der Waals surface area (Å²) < 4.78 is 0. The highest BCUT2D eigenvalue weighted by atomic mass is 16.2. The molecule has 0 spiro atoms. The summed E-state index contributed by atoms with van der Waals surface area (Å²) in [6, 6.07) is -0.550. The Kier molecular flexibility index (Phi) is 3.19. The third-order valence-electron chi connectivity index (χ3n) is 2.99. The van der Waals surface area contributed by atoms with Crippen molar-refractivity contribution < 1.29 is 14.4 Å². The van der Waals surface area contributed by atoms with Crippen LogP contribution < -0.4 is 16.0 Å². The molecule has 0 radical (unpaired) electrons. The van der Waals surface area contributed by atoms with Crippen LogP contribution >= 0.6 is 0 Å². The van der Waals surface area contributed by atoms with Gasteiger partial charge in [0.15, 0.2) is 0 Å². The van der Waals surface area contributed by atoms with Crippen LogP contribution in [0.3, 0.4) is 0 Å². The molecular weight excluding hydrogens is 210 g/mol. The molecule has 2 heterocycles. The first-order valence-electron chi connectivity index (χ1n) is 5.51. The number of carbonyl (C=O) groups is 3. The number of rotatable bonds is 2. The second-order valence-corrected chi connectivity index (χ2v) is 4.20. The van der Waals surface area contributed by atoms with Gasteiger partial charge in [-0.2, -0.15) is 0 Å². The van der Waals surface area contributed by atoms with Crippen molar-refractivity contribution in [1.29, 1.82) is 0 Å². The minimum atomic E-state index is -0.550. The Balaban J connectivity index is 1.86. The van der Waals surface area contributed by atoms with Gasteiger partial charge in [-0.1, -0.05) is 0 Å². The monoisotopic (exact) mass is 225 g/mol. The molecule has 2 saturated heterocycles. The van der Waals surface area contributed by atoms with Crippen molar-refractivity contribution in [3.8, 4) is 0 Å². The van der Waals surface area contributed by atoms with Crippen LogP contribution in [-0.4, -0.2) is 36.9 Å². The average Bonchev–Trinajstić information content (AvgIpc) is 2.75. The van der Waals surface area contributed by atoms with Crippen LogP contribution in [0.2, 0.25) is 0 Å². The van der Waals surface area contributed by atoms with Gasteiger partial charge in [-0.05, 0) is 19.4 Å². The maximum atomic E-state index is 11.7. The summed E-state index contributed by atoms with van der Waals surface area (Å²) in [4.78, 5) is 34.0. The van der Waals surface area contributed by atoms with Gasteiger partial charge in [0, 0.05) is 13.0 Å². The maximum absolute atomic E-state index is 11.7. The summed E-state index contributed by atoms with van der Waals surface area (Å²) in [7, 11) is 0. The smallest absolute Gasteiger partial charge is 0.249 e. The Morgan fingerprint density at radius 3 is 2.75 bits per heavy atom. The number of imide groups is 1. The molecule has 0 aromatic carbocycles. The quantitative estimate of drug-likeness (QED) is 0.500. The molecular formula is C10H15N3O3. The first-order chi connectivity index (χ1) is 7.66. The van der Waals surface area contributed by atoms with Crippen molar-refractivity contribution in [3.63, 3.8) is 0 Å². The SMILES string of the molecule is O=C1CCC(NC(=O)C2CCNC2)C(=O)N1. The first-order valence-corrected chi connectivity index (χ1v) is 5.51. The molecule has 6 heteroatoms. The van der Waals surface area contributed by atoms with Crippen molar-refractivity contribution in [2.75, 3.05) is 13.1 Å². The minimum absolute atomic E-state index is 0.0505. The van der Waals surface area contributed by atoms with Gasteiger partial charge in [-0.25, -0.2) is 0 Å². The molecule has 2 unspecified atom stereocenters. The number of carbonyl (C=O) groups excluding carboxylic acids is 3. The van der Waals surface area contributed by atoms with Gasteiger partial charge >= 0.3 is 0 Å². The molecule has 0 aromatic heterocycles. The van der Waals surface area contributed by atoms with E-state index in [1.165, 1.54) is 0 Å². The number of amides is 3. The van der Waals surface area contributed by atoms with Gasteiger partial charge < -0.3 is 10.6 Å². The second kappa shape index (κ2) is 4.61. The van der Waals surface area contributed by atoms with Crippen LogP contribution in [0, 0.1) is 5.92 Å². The van der Waals surface area contributed by atoms with E-state index >= 15 is 0 Å². The van der Waals surface area contributed by atoms with Crippen LogP contribution in [0.25, 0.3) is 0 Å². The number of nitrogens with one attached hydrogen (secondary N) is 3. The molecule has 2 aliphatic rings. The maximum Gasteiger partial charge on any atom is 0.249 e. The fraction of sp³-hybridized carbons (Fsp3) is 0.700. The summed E-state index contributed by atoms with van der Waals surface area (Å²) in [6.07, 6.45) is 1.50. The fourth-order valence-corrected chi connectivity index (χ4v) is 2.00. The van der Waals surface area contributed by atoms with Crippen molar-refractivity contribution in [3.05, 3.63) is 0 Å². The normalized spacial score (nSPS) is 30.0. The molecule has 0 aliphatic carbocycles. The Hall–Kier alpha value is -1.43. The summed E-state index contributed by atoms with van der Waals surface area (Å²) >= 11 is 0. The molecule has 88 valence electrons. The third-order valence-corrected chi connectivity index (χ3v) is 2.99. The molecule has 3 N–H and O–H groups in total. The zero-order valence-corrected chi connectivity index (χ0v) is 8.91. The number of hydrogen-bond donors (Lipinski definition) is 3. The second-order valence-electron chi connectivity index (χ2n) is 4.20. The molecule has 2 atom stereocenters. The van der Waals surface area contributed by atoms with Gasteiger partial charge in [0.05, 0.1) is 5.92 Å². The van der Waals surface area contributed by atoms with E-state index in [1.54, 1.807) is 0 Å². The van der Waals surface area contributed by atoms with Crippen LogP contribution in [0.1, 0.15) is 19.3 Å². The molecule has 0 saturated carbocycles. The predicted octanol–water partition coefficient (Wildman–Crippen LogP) is -1.48. The third kappa shape index (κ3) is 2.38. The van der Waals surface area contributed by atoms with Crippen LogP contribution in [-0.2, 0) is 14.4 Å². The largest absolute Gasteiger partial charge is 0.344 e. The van der Waals surface area contributed by atoms with E-state index in [0.717, 1.165) is 13.0 Å². The Labute approximate surface area is 93.1 Å². The Morgan fingerprint density at radius 2 is 2.12 bits per heavy atom. The average molecular weight is 225 g/mol. The van der Waals surface area contributed by atoms with E-state index in [1.807, 2.05) is 0 Å². The lowest BCUT2D eigenvalue weighted by atomic mass is 10.0. The van der Waals surface area contributed by atoms with Gasteiger partial charge in [-0.3, -0.25) is 19.7 Å². The van der Waals surface area contributed by atoms with E-state index in [9.17, 15) is 14.4 Å². The van der Waals surface area contributed by atoms with Gasteiger partial charge in [0.2, 0.25) is 17.7 Å². The number of hydrogen-bond acceptors (Lipinski definition) is 4. The molecule has 3 amide bonds. The van der Waals surface area contributed by atoms with E-state index in [4.69, 9.17) is 0 Å². The lowest BCUT2D eigenvalue weighted by Crippen LogP contribution is -2.53. The van der Waals surface area contributed by atoms with Crippen molar-refractivity contribution in [2.45, 2.75) is 25.3 Å². The van der Waals surface area contributed by atoms with Crippen LogP contribution in [0.5, 0.6) is 0 Å². The van der Waals surface area contributed by atoms with Gasteiger partial charge in [0.1, 0.15) is 6.04 Å². The highest BCUT2D eigenvalue weighted by Gasteiger charge is 2.30. The standard InChI is InChI=1S/C10H15N3O3/c14-8-2-1-7(10(16)13-8)12-9(15)6-3-4-11-5-6/h6-7,11H,1-5H2,(H,12,15)(H,13,14,16). The van der Waals surface area contributed by atoms with Crippen molar-refractivity contribution in [1.82, 2.24) is 16.0 Å². The summed E-state index contributed by atoms with van der Waals surface area (Å²) in [5.74, 6) is -0.807. The first kappa shape index (κ1) is 11.1. The van der Waals surface area contributed by atoms with E-state index in [-0.39, 0.29) is 17.7 Å². The molecule has 2 rings (SSSR count). The van der Waals surface area contributed by atoms with Crippen molar-refractivity contribution in [2.24, 2.45) is 5.92 Å². The molecule has 2 fully saturated rings. The zero-order valence-electron chi connectivity index (χ0n) is 8.91. The Morgan fingerprint density at radius 1 is 1.31 bits per heavy atom. The minimum Gasteiger partial charge on any atom is -0.344 e. The molecule has 2 aliphatic heterocycles. The topological polar surface area (TPSA) is 87.3 Å². The van der Waals surface area contributed by atoms with Crippen LogP contribution in [0.15, 0.2) is 0 Å². The lowest BCUT2D eigenvalue weighted by Gasteiger charge is -2.23. The van der Waals surface area contributed by atoms with E-state index in [0.29, 0.717) is 19.4 Å². The Bertz CT molecular complexity index is 323. The highest BCUT2D eigenvalue weighted by Crippen LogP contribution is 2.10. The fourth-order valence-electron chi connectivity index (χ4n) is 2.00. The summed E-state index contributed by atoms with van der Waals surface area (Å²) in [5, 5.41) is 8.00. The van der Waals surface area contributed by atoms with E-state index < -0.39 is 11.9 Å². The van der Waals surface area contributed by atoms with Crippen molar-refractivity contribution >= 4 is 17.7 Å². The summed E-state index contributed by atoms with van der Waals surface area (Å²) in [6.45, 7) is 1.51. The number of piperidine rings is 1. The predicted molar refractivity (Wildman–Crippen MR) is 55.3 cm³/mol. The zero-order chi connectivity index (χ0) is 11.5.